The number of nitrogens with one attached hydrogen (secondary N) is 2. The maximum atomic E-state index is 12.7. The Morgan fingerprint density at radius 2 is 1.48 bits per heavy atom. The normalized spacial score (nSPS) is 14.7. The predicted molar refractivity (Wildman–Crippen MR) is 129 cm³/mol. The van der Waals surface area contributed by atoms with Gasteiger partial charge in [0.25, 0.3) is 10.0 Å². The van der Waals surface area contributed by atoms with Crippen molar-refractivity contribution in [3.05, 3.63) is 60.7 Å². The molecule has 1 aromatic heterocycles. The third-order valence-corrected chi connectivity index (χ3v) is 6.79. The van der Waals surface area contributed by atoms with Crippen LogP contribution in [0.1, 0.15) is 6.92 Å². The van der Waals surface area contributed by atoms with Gasteiger partial charge in [-0.15, -0.1) is 10.2 Å². The molecule has 1 saturated heterocycles. The van der Waals surface area contributed by atoms with Crippen LogP contribution in [0.15, 0.2) is 65.6 Å². The number of likely N-dealkylation sites (N-methyl/N-ethyl adjacent to an activating group) is 1. The van der Waals surface area contributed by atoms with E-state index in [0.29, 0.717) is 11.4 Å². The zero-order valence-electron chi connectivity index (χ0n) is 18.5. The van der Waals surface area contributed by atoms with Crippen LogP contribution < -0.4 is 14.9 Å². The third-order valence-electron chi connectivity index (χ3n) is 5.40. The van der Waals surface area contributed by atoms with E-state index in [0.717, 1.165) is 43.3 Å². The largest absolute Gasteiger partial charge is 0.353 e. The van der Waals surface area contributed by atoms with Crippen LogP contribution in [-0.2, 0) is 14.8 Å². The van der Waals surface area contributed by atoms with Crippen LogP contribution in [0.2, 0.25) is 0 Å². The highest BCUT2D eigenvalue weighted by atomic mass is 32.2. The van der Waals surface area contributed by atoms with Crippen molar-refractivity contribution in [3.63, 3.8) is 0 Å². The summed E-state index contributed by atoms with van der Waals surface area (Å²) < 4.78 is 27.9. The van der Waals surface area contributed by atoms with Crippen molar-refractivity contribution in [1.82, 2.24) is 15.1 Å². The summed E-state index contributed by atoms with van der Waals surface area (Å²) >= 11 is 0. The van der Waals surface area contributed by atoms with Crippen molar-refractivity contribution >= 4 is 33.1 Å². The number of carbonyl (C=O) groups is 1. The standard InChI is InChI=1S/C23H26N6O3S/c1-17(30)24-19-7-9-21(10-8-19)33(31,32)27-20-5-3-18(4-6-20)22-11-12-23(26-25-22)29-15-13-28(2)14-16-29/h3-12,27H,13-16H2,1-2H3,(H,24,30). The molecule has 1 fully saturated rings. The van der Waals surface area contributed by atoms with Gasteiger partial charge in [0.1, 0.15) is 0 Å². The summed E-state index contributed by atoms with van der Waals surface area (Å²) in [5.74, 6) is 0.642. The van der Waals surface area contributed by atoms with Crippen molar-refractivity contribution < 1.29 is 13.2 Å². The van der Waals surface area contributed by atoms with Crippen LogP contribution in [0, 0.1) is 0 Å². The van der Waals surface area contributed by atoms with Gasteiger partial charge in [0.05, 0.1) is 10.6 Å². The van der Waals surface area contributed by atoms with E-state index in [1.807, 2.05) is 12.1 Å². The highest BCUT2D eigenvalue weighted by Gasteiger charge is 2.16. The number of nitrogens with zero attached hydrogens (tertiary/aromatic N) is 4. The molecule has 0 aliphatic carbocycles. The molecule has 9 nitrogen and oxygen atoms in total. The van der Waals surface area contributed by atoms with Gasteiger partial charge < -0.3 is 15.1 Å². The summed E-state index contributed by atoms with van der Waals surface area (Å²) in [5, 5.41) is 11.3. The second kappa shape index (κ2) is 9.55. The van der Waals surface area contributed by atoms with E-state index in [1.54, 1.807) is 36.4 Å². The van der Waals surface area contributed by atoms with Gasteiger partial charge in [0, 0.05) is 50.0 Å². The van der Waals surface area contributed by atoms with Crippen LogP contribution in [-0.4, -0.2) is 62.6 Å². The Morgan fingerprint density at radius 1 is 0.848 bits per heavy atom. The van der Waals surface area contributed by atoms with Crippen LogP contribution in [0.5, 0.6) is 0 Å². The first-order valence-corrected chi connectivity index (χ1v) is 12.1. The number of benzene rings is 2. The fourth-order valence-electron chi connectivity index (χ4n) is 3.53. The Bertz CT molecular complexity index is 1200. The minimum absolute atomic E-state index is 0.103. The average molecular weight is 467 g/mol. The van der Waals surface area contributed by atoms with E-state index < -0.39 is 10.0 Å². The molecular weight excluding hydrogens is 440 g/mol. The number of piperazine rings is 1. The molecule has 2 N–H and O–H groups in total. The van der Waals surface area contributed by atoms with Gasteiger partial charge in [-0.2, -0.15) is 0 Å². The summed E-state index contributed by atoms with van der Waals surface area (Å²) in [5.41, 5.74) is 2.53. The van der Waals surface area contributed by atoms with E-state index in [-0.39, 0.29) is 10.8 Å². The zero-order chi connectivity index (χ0) is 23.4. The number of sulfonamides is 1. The molecular formula is C23H26N6O3S. The van der Waals surface area contributed by atoms with Gasteiger partial charge in [0.15, 0.2) is 5.82 Å². The predicted octanol–water partition coefficient (Wildman–Crippen LogP) is 2.65. The summed E-state index contributed by atoms with van der Waals surface area (Å²) in [4.78, 5) is 15.7. The molecule has 0 bridgehead atoms. The summed E-state index contributed by atoms with van der Waals surface area (Å²) in [6.07, 6.45) is 0. The molecule has 172 valence electrons. The zero-order valence-corrected chi connectivity index (χ0v) is 19.3. The third kappa shape index (κ3) is 5.65. The lowest BCUT2D eigenvalue weighted by Crippen LogP contribution is -2.44. The van der Waals surface area contributed by atoms with Gasteiger partial charge in [-0.1, -0.05) is 12.1 Å². The molecule has 0 atom stereocenters. The van der Waals surface area contributed by atoms with Gasteiger partial charge >= 0.3 is 0 Å². The highest BCUT2D eigenvalue weighted by molar-refractivity contribution is 7.92. The fraction of sp³-hybridized carbons (Fsp3) is 0.261. The minimum Gasteiger partial charge on any atom is -0.353 e. The molecule has 0 unspecified atom stereocenters. The molecule has 2 heterocycles. The minimum atomic E-state index is -3.76. The van der Waals surface area contributed by atoms with Crippen molar-refractivity contribution in [2.75, 3.05) is 48.2 Å². The van der Waals surface area contributed by atoms with E-state index in [9.17, 15) is 13.2 Å². The summed E-state index contributed by atoms with van der Waals surface area (Å²) in [6.45, 7) is 5.24. The fourth-order valence-corrected chi connectivity index (χ4v) is 4.59. The Balaban J connectivity index is 1.42. The Kier molecular flexibility index (Phi) is 6.57. The van der Waals surface area contributed by atoms with E-state index in [1.165, 1.54) is 19.1 Å². The van der Waals surface area contributed by atoms with Crippen LogP contribution >= 0.6 is 0 Å². The van der Waals surface area contributed by atoms with Crippen LogP contribution in [0.4, 0.5) is 17.2 Å². The van der Waals surface area contributed by atoms with Crippen molar-refractivity contribution in [1.29, 1.82) is 0 Å². The molecule has 4 rings (SSSR count). The lowest BCUT2D eigenvalue weighted by atomic mass is 10.1. The molecule has 1 aliphatic heterocycles. The van der Waals surface area contributed by atoms with Gasteiger partial charge in [0.2, 0.25) is 5.91 Å². The monoisotopic (exact) mass is 466 g/mol. The quantitative estimate of drug-likeness (QED) is 0.575. The van der Waals surface area contributed by atoms with Crippen LogP contribution in [0.25, 0.3) is 11.3 Å². The molecule has 33 heavy (non-hydrogen) atoms. The Morgan fingerprint density at radius 3 is 2.06 bits per heavy atom. The van der Waals surface area contributed by atoms with E-state index in [4.69, 9.17) is 0 Å². The van der Waals surface area contributed by atoms with Crippen molar-refractivity contribution in [3.8, 4) is 11.3 Å². The molecule has 3 aromatic rings. The van der Waals surface area contributed by atoms with Crippen molar-refractivity contribution in [2.45, 2.75) is 11.8 Å². The number of aromatic nitrogens is 2. The second-order valence-corrected chi connectivity index (χ2v) is 9.64. The molecule has 10 heteroatoms. The Hall–Kier alpha value is -3.50. The van der Waals surface area contributed by atoms with Crippen molar-refractivity contribution in [2.24, 2.45) is 0 Å². The smallest absolute Gasteiger partial charge is 0.261 e. The maximum absolute atomic E-state index is 12.7. The molecule has 1 amide bonds. The highest BCUT2D eigenvalue weighted by Crippen LogP contribution is 2.23. The van der Waals surface area contributed by atoms with Crippen LogP contribution in [0.3, 0.4) is 0 Å². The molecule has 0 saturated carbocycles. The second-order valence-electron chi connectivity index (χ2n) is 7.96. The average Bonchev–Trinajstić information content (AvgIpc) is 2.80. The lowest BCUT2D eigenvalue weighted by Gasteiger charge is -2.32. The molecule has 2 aromatic carbocycles. The van der Waals surface area contributed by atoms with Gasteiger partial charge in [-0.25, -0.2) is 8.42 Å². The first-order valence-electron chi connectivity index (χ1n) is 10.6. The molecule has 0 spiro atoms. The SMILES string of the molecule is CC(=O)Nc1ccc(S(=O)(=O)Nc2ccc(-c3ccc(N4CCN(C)CC4)nn3)cc2)cc1. The summed E-state index contributed by atoms with van der Waals surface area (Å²) in [7, 11) is -1.65. The van der Waals surface area contributed by atoms with E-state index >= 15 is 0 Å². The van der Waals surface area contributed by atoms with E-state index in [2.05, 4.69) is 37.1 Å². The first kappa shape index (κ1) is 22.7. The number of rotatable bonds is 6. The van der Waals surface area contributed by atoms with Gasteiger partial charge in [-0.3, -0.25) is 9.52 Å². The topological polar surface area (TPSA) is 108 Å². The van der Waals surface area contributed by atoms with Gasteiger partial charge in [-0.05, 0) is 55.6 Å². The molecule has 1 aliphatic rings. The number of hydrogen-bond acceptors (Lipinski definition) is 7. The number of anilines is 3. The summed E-state index contributed by atoms with van der Waals surface area (Å²) in [6, 6.07) is 16.9. The number of amides is 1. The molecule has 0 radical (unpaired) electrons. The lowest BCUT2D eigenvalue weighted by molar-refractivity contribution is -0.114. The Labute approximate surface area is 193 Å². The maximum Gasteiger partial charge on any atom is 0.261 e. The first-order chi connectivity index (χ1) is 15.8. The number of carbonyl (C=O) groups excluding carboxylic acids is 1. The number of hydrogen-bond donors (Lipinski definition) is 2.